The Labute approximate surface area is 123 Å². The van der Waals surface area contributed by atoms with Crippen LogP contribution in [0.15, 0.2) is 18.3 Å². The summed E-state index contributed by atoms with van der Waals surface area (Å²) in [7, 11) is 0. The number of aliphatic hydroxyl groups is 1. The van der Waals surface area contributed by atoms with Gasteiger partial charge in [-0.3, -0.25) is 4.98 Å². The number of alkyl halides is 3. The van der Waals surface area contributed by atoms with Crippen LogP contribution in [0.5, 0.6) is 0 Å². The van der Waals surface area contributed by atoms with Crippen molar-refractivity contribution in [3.05, 3.63) is 29.6 Å². The van der Waals surface area contributed by atoms with Gasteiger partial charge in [0.1, 0.15) is 0 Å². The molecule has 0 aliphatic heterocycles. The molecule has 21 heavy (non-hydrogen) atoms. The molecular weight excluding hydrogens is 279 g/mol. The van der Waals surface area contributed by atoms with Gasteiger partial charge in [0.05, 0.1) is 12.0 Å². The third-order valence-corrected chi connectivity index (χ3v) is 4.43. The molecule has 5 heteroatoms. The molecule has 1 fully saturated rings. The molecule has 1 aromatic rings. The summed E-state index contributed by atoms with van der Waals surface area (Å²) in [6.45, 7) is 2.03. The summed E-state index contributed by atoms with van der Waals surface area (Å²) in [5.74, 6) is -1.54. The molecule has 2 rings (SSSR count). The normalized spacial score (nSPS) is 24.8. The van der Waals surface area contributed by atoms with Crippen LogP contribution in [0.4, 0.5) is 13.2 Å². The third kappa shape index (κ3) is 4.43. The van der Waals surface area contributed by atoms with Crippen molar-refractivity contribution in [1.29, 1.82) is 0 Å². The van der Waals surface area contributed by atoms with Crippen molar-refractivity contribution in [2.75, 3.05) is 0 Å². The molecule has 0 saturated heterocycles. The summed E-state index contributed by atoms with van der Waals surface area (Å²) in [5, 5.41) is 10.2. The van der Waals surface area contributed by atoms with Crippen molar-refractivity contribution in [1.82, 2.24) is 4.98 Å². The highest BCUT2D eigenvalue weighted by atomic mass is 19.4. The van der Waals surface area contributed by atoms with Gasteiger partial charge in [0.15, 0.2) is 0 Å². The van der Waals surface area contributed by atoms with Gasteiger partial charge in [-0.2, -0.15) is 13.2 Å². The van der Waals surface area contributed by atoms with Crippen LogP contribution in [0, 0.1) is 11.8 Å². The van der Waals surface area contributed by atoms with Gasteiger partial charge in [-0.15, -0.1) is 0 Å². The molecule has 0 bridgehead atoms. The lowest BCUT2D eigenvalue weighted by atomic mass is 9.77. The van der Waals surface area contributed by atoms with Gasteiger partial charge < -0.3 is 5.11 Å². The first-order chi connectivity index (χ1) is 9.90. The quantitative estimate of drug-likeness (QED) is 0.914. The summed E-state index contributed by atoms with van der Waals surface area (Å²) in [6.07, 6.45) is -0.454. The van der Waals surface area contributed by atoms with E-state index in [1.54, 1.807) is 6.20 Å². The van der Waals surface area contributed by atoms with E-state index in [-0.39, 0.29) is 18.8 Å². The highest BCUT2D eigenvalue weighted by molar-refractivity contribution is 5.14. The minimum atomic E-state index is -4.14. The monoisotopic (exact) mass is 301 g/mol. The maximum Gasteiger partial charge on any atom is 0.391 e. The Kier molecular flexibility index (Phi) is 5.25. The molecule has 1 aliphatic rings. The number of aryl methyl sites for hydroxylation is 1. The fourth-order valence-electron chi connectivity index (χ4n) is 3.04. The Balaban J connectivity index is 1.94. The van der Waals surface area contributed by atoms with E-state index in [0.29, 0.717) is 19.3 Å². The Morgan fingerprint density at radius 1 is 1.33 bits per heavy atom. The second-order valence-corrected chi connectivity index (χ2v) is 5.95. The van der Waals surface area contributed by atoms with Gasteiger partial charge >= 0.3 is 6.18 Å². The number of aliphatic hydroxyl groups excluding tert-OH is 1. The lowest BCUT2D eigenvalue weighted by Crippen LogP contribution is -2.34. The Bertz CT molecular complexity index is 444. The van der Waals surface area contributed by atoms with Crippen LogP contribution in [0.1, 0.15) is 43.9 Å². The van der Waals surface area contributed by atoms with Crippen molar-refractivity contribution in [2.45, 2.75) is 57.7 Å². The fourth-order valence-corrected chi connectivity index (χ4v) is 3.04. The lowest BCUT2D eigenvalue weighted by molar-refractivity contribution is -0.188. The molecule has 0 aromatic carbocycles. The number of halogens is 3. The van der Waals surface area contributed by atoms with Gasteiger partial charge in [0.2, 0.25) is 0 Å². The van der Waals surface area contributed by atoms with Crippen molar-refractivity contribution in [3.8, 4) is 0 Å². The van der Waals surface area contributed by atoms with E-state index in [0.717, 1.165) is 17.7 Å². The van der Waals surface area contributed by atoms with E-state index in [9.17, 15) is 18.3 Å². The second kappa shape index (κ2) is 6.77. The molecule has 0 spiro atoms. The topological polar surface area (TPSA) is 33.1 Å². The fraction of sp³-hybridized carbons (Fsp3) is 0.688. The van der Waals surface area contributed by atoms with Crippen molar-refractivity contribution in [2.24, 2.45) is 11.8 Å². The van der Waals surface area contributed by atoms with Crippen LogP contribution < -0.4 is 0 Å². The number of rotatable bonds is 4. The minimum Gasteiger partial charge on any atom is -0.392 e. The first-order valence-electron chi connectivity index (χ1n) is 7.58. The zero-order valence-corrected chi connectivity index (χ0v) is 12.2. The number of pyridine rings is 1. The predicted molar refractivity (Wildman–Crippen MR) is 74.8 cm³/mol. The van der Waals surface area contributed by atoms with Gasteiger partial charge in [-0.1, -0.05) is 19.4 Å². The number of hydrogen-bond donors (Lipinski definition) is 1. The molecule has 1 heterocycles. The first kappa shape index (κ1) is 16.3. The molecule has 3 atom stereocenters. The maximum atomic E-state index is 12.8. The van der Waals surface area contributed by atoms with Crippen LogP contribution in [0.2, 0.25) is 0 Å². The summed E-state index contributed by atoms with van der Waals surface area (Å²) < 4.78 is 38.4. The van der Waals surface area contributed by atoms with Crippen molar-refractivity contribution >= 4 is 0 Å². The van der Waals surface area contributed by atoms with Crippen molar-refractivity contribution in [3.63, 3.8) is 0 Å². The average Bonchev–Trinajstić information content (AvgIpc) is 2.47. The van der Waals surface area contributed by atoms with Crippen LogP contribution >= 0.6 is 0 Å². The molecule has 0 amide bonds. The predicted octanol–water partition coefficient (Wildman–Crippen LogP) is 3.92. The maximum absolute atomic E-state index is 12.8. The summed E-state index contributed by atoms with van der Waals surface area (Å²) in [4.78, 5) is 4.27. The highest BCUT2D eigenvalue weighted by Crippen LogP contribution is 2.41. The summed E-state index contributed by atoms with van der Waals surface area (Å²) in [5.41, 5.74) is 1.86. The second-order valence-electron chi connectivity index (χ2n) is 5.95. The smallest absolute Gasteiger partial charge is 0.391 e. The van der Waals surface area contributed by atoms with E-state index in [1.807, 2.05) is 19.1 Å². The zero-order chi connectivity index (χ0) is 15.5. The first-order valence-corrected chi connectivity index (χ1v) is 7.58. The molecule has 2 nitrogen and oxygen atoms in total. The van der Waals surface area contributed by atoms with E-state index >= 15 is 0 Å². The minimum absolute atomic E-state index is 0.0394. The van der Waals surface area contributed by atoms with Crippen LogP contribution in [0.3, 0.4) is 0 Å². The molecule has 0 radical (unpaired) electrons. The van der Waals surface area contributed by atoms with Gasteiger partial charge in [0.25, 0.3) is 0 Å². The Morgan fingerprint density at radius 3 is 2.67 bits per heavy atom. The standard InChI is InChI=1S/C16H22F3NO/c1-2-11-6-7-14(20-10-11)9-15(21)12-4-3-5-13(8-12)16(17,18)19/h6-7,10,12-13,15,21H,2-5,8-9H2,1H3. The number of aromatic nitrogens is 1. The van der Waals surface area contributed by atoms with E-state index < -0.39 is 18.2 Å². The van der Waals surface area contributed by atoms with Crippen molar-refractivity contribution < 1.29 is 18.3 Å². The third-order valence-electron chi connectivity index (χ3n) is 4.43. The summed E-state index contributed by atoms with van der Waals surface area (Å²) in [6, 6.07) is 3.81. The Hall–Kier alpha value is -1.10. The summed E-state index contributed by atoms with van der Waals surface area (Å²) >= 11 is 0. The molecule has 1 N–H and O–H groups in total. The van der Waals surface area contributed by atoms with Crippen LogP contribution in [-0.4, -0.2) is 22.4 Å². The highest BCUT2D eigenvalue weighted by Gasteiger charge is 2.43. The molecule has 118 valence electrons. The zero-order valence-electron chi connectivity index (χ0n) is 12.2. The Morgan fingerprint density at radius 2 is 2.10 bits per heavy atom. The molecule has 3 unspecified atom stereocenters. The molecular formula is C16H22F3NO. The van der Waals surface area contributed by atoms with Crippen LogP contribution in [0.25, 0.3) is 0 Å². The number of nitrogens with zero attached hydrogens (tertiary/aromatic N) is 1. The van der Waals surface area contributed by atoms with E-state index in [2.05, 4.69) is 4.98 Å². The van der Waals surface area contributed by atoms with Crippen LogP contribution in [-0.2, 0) is 12.8 Å². The van der Waals surface area contributed by atoms with Gasteiger partial charge in [-0.25, -0.2) is 0 Å². The molecule has 1 aromatic heterocycles. The van der Waals surface area contributed by atoms with E-state index in [1.165, 1.54) is 0 Å². The molecule has 1 saturated carbocycles. The van der Waals surface area contributed by atoms with E-state index in [4.69, 9.17) is 0 Å². The molecule has 1 aliphatic carbocycles. The largest absolute Gasteiger partial charge is 0.392 e. The van der Waals surface area contributed by atoms with Gasteiger partial charge in [0, 0.05) is 18.3 Å². The number of hydrogen-bond acceptors (Lipinski definition) is 2. The van der Waals surface area contributed by atoms with Gasteiger partial charge in [-0.05, 0) is 43.2 Å². The lowest BCUT2D eigenvalue weighted by Gasteiger charge is -2.33. The average molecular weight is 301 g/mol. The SMILES string of the molecule is CCc1ccc(CC(O)C2CCCC(C(F)(F)F)C2)nc1.